The smallest absolute Gasteiger partial charge is 0.238 e. The number of hydrogen-bond acceptors (Lipinski definition) is 5. The summed E-state index contributed by atoms with van der Waals surface area (Å²) in [5, 5.41) is 17.1. The molecule has 4 N–H and O–H groups in total. The maximum atomic E-state index is 11.6. The molecule has 0 atom stereocenters. The molecule has 0 saturated carbocycles. The van der Waals surface area contributed by atoms with Crippen molar-refractivity contribution in [2.24, 2.45) is 5.14 Å². The van der Waals surface area contributed by atoms with E-state index in [1.165, 1.54) is 12.1 Å². The van der Waals surface area contributed by atoms with E-state index in [9.17, 15) is 8.42 Å². The molecule has 0 saturated heterocycles. The first-order chi connectivity index (χ1) is 11.5. The van der Waals surface area contributed by atoms with Crippen molar-refractivity contribution in [1.82, 2.24) is 15.2 Å². The van der Waals surface area contributed by atoms with Gasteiger partial charge in [0, 0.05) is 28.3 Å². The Morgan fingerprint density at radius 1 is 1.08 bits per heavy atom. The molecule has 0 aliphatic heterocycles. The van der Waals surface area contributed by atoms with Crippen LogP contribution in [0.1, 0.15) is 0 Å². The van der Waals surface area contributed by atoms with Gasteiger partial charge in [0.25, 0.3) is 0 Å². The first kappa shape index (κ1) is 14.6. The second kappa shape index (κ2) is 5.29. The van der Waals surface area contributed by atoms with Crippen LogP contribution in [0.4, 0.5) is 11.4 Å². The molecule has 0 aliphatic carbocycles. The Kier molecular flexibility index (Phi) is 3.22. The van der Waals surface area contributed by atoms with Crippen LogP contribution in [0.25, 0.3) is 21.8 Å². The largest absolute Gasteiger partial charge is 0.355 e. The minimum atomic E-state index is -3.77. The number of rotatable bonds is 3. The minimum absolute atomic E-state index is 0.0510. The first-order valence-corrected chi connectivity index (χ1v) is 8.67. The zero-order valence-corrected chi connectivity index (χ0v) is 13.2. The average Bonchev–Trinajstić information content (AvgIpc) is 3.01. The van der Waals surface area contributed by atoms with Crippen molar-refractivity contribution in [2.45, 2.75) is 4.90 Å². The maximum Gasteiger partial charge on any atom is 0.238 e. The molecule has 0 aliphatic rings. The number of hydrogen-bond donors (Lipinski definition) is 3. The van der Waals surface area contributed by atoms with E-state index < -0.39 is 10.0 Å². The van der Waals surface area contributed by atoms with Crippen molar-refractivity contribution in [1.29, 1.82) is 0 Å². The molecule has 7 nitrogen and oxygen atoms in total. The number of anilines is 2. The van der Waals surface area contributed by atoms with Crippen LogP contribution in [-0.4, -0.2) is 23.6 Å². The van der Waals surface area contributed by atoms with E-state index in [1.807, 2.05) is 18.2 Å². The molecule has 0 fully saturated rings. The van der Waals surface area contributed by atoms with Crippen LogP contribution in [-0.2, 0) is 10.0 Å². The fourth-order valence-electron chi connectivity index (χ4n) is 2.58. The molecular weight excluding hydrogens is 326 g/mol. The number of nitrogens with one attached hydrogen (secondary N) is 2. The number of nitrogens with two attached hydrogens (primary N) is 1. The Morgan fingerprint density at radius 3 is 2.79 bits per heavy atom. The number of aromatic nitrogens is 3. The summed E-state index contributed by atoms with van der Waals surface area (Å²) in [6.45, 7) is 0. The summed E-state index contributed by atoms with van der Waals surface area (Å²) in [5.74, 6) is 0. The van der Waals surface area contributed by atoms with Crippen LogP contribution >= 0.6 is 0 Å². The lowest BCUT2D eigenvalue weighted by Gasteiger charge is -2.10. The molecule has 0 radical (unpaired) electrons. The normalized spacial score (nSPS) is 11.9. The van der Waals surface area contributed by atoms with Gasteiger partial charge in [0.2, 0.25) is 10.0 Å². The van der Waals surface area contributed by atoms with Crippen molar-refractivity contribution in [3.8, 4) is 0 Å². The fraction of sp³-hybridized carbons (Fsp3) is 0. The summed E-state index contributed by atoms with van der Waals surface area (Å²) in [6.07, 6.45) is 3.41. The van der Waals surface area contributed by atoms with Gasteiger partial charge in [0.15, 0.2) is 0 Å². The predicted octanol–water partition coefficient (Wildman–Crippen LogP) is 2.50. The number of aromatic amines is 1. The van der Waals surface area contributed by atoms with Crippen molar-refractivity contribution >= 4 is 43.2 Å². The molecule has 0 bridgehead atoms. The summed E-state index contributed by atoms with van der Waals surface area (Å²) >= 11 is 0. The molecule has 24 heavy (non-hydrogen) atoms. The number of sulfonamides is 1. The summed E-state index contributed by atoms with van der Waals surface area (Å²) in [4.78, 5) is 4.31. The highest BCUT2D eigenvalue weighted by Crippen LogP contribution is 2.28. The summed E-state index contributed by atoms with van der Waals surface area (Å²) in [7, 11) is -3.77. The van der Waals surface area contributed by atoms with Crippen LogP contribution in [0.5, 0.6) is 0 Å². The van der Waals surface area contributed by atoms with Gasteiger partial charge in [-0.15, -0.1) is 0 Å². The number of benzene rings is 2. The van der Waals surface area contributed by atoms with E-state index in [0.29, 0.717) is 10.9 Å². The lowest BCUT2D eigenvalue weighted by atomic mass is 10.1. The molecule has 0 spiro atoms. The van der Waals surface area contributed by atoms with Gasteiger partial charge in [-0.1, -0.05) is 0 Å². The Morgan fingerprint density at radius 2 is 1.96 bits per heavy atom. The summed E-state index contributed by atoms with van der Waals surface area (Å²) < 4.78 is 23.2. The monoisotopic (exact) mass is 339 g/mol. The Labute approximate surface area is 137 Å². The van der Waals surface area contributed by atoms with Crippen LogP contribution in [0.15, 0.2) is 59.8 Å². The van der Waals surface area contributed by atoms with Crippen molar-refractivity contribution < 1.29 is 8.42 Å². The quantitative estimate of drug-likeness (QED) is 0.530. The third-order valence-electron chi connectivity index (χ3n) is 3.76. The third kappa shape index (κ3) is 2.57. The molecule has 2 heterocycles. The standard InChI is InChI=1S/C16H13N5O2S/c17-24(22,23)12-3-4-14-13(8-12)15(5-6-18-14)20-11-2-1-10-9-19-21-16(10)7-11/h1-9H,(H,18,20)(H,19,21)(H2,17,22,23). The SMILES string of the molecule is NS(=O)(=O)c1ccc2nccc(Nc3ccc4cn[nH]c4c3)c2c1. The number of nitrogens with zero attached hydrogens (tertiary/aromatic N) is 2. The lowest BCUT2D eigenvalue weighted by molar-refractivity contribution is 0.598. The van der Waals surface area contributed by atoms with Gasteiger partial charge in [-0.25, -0.2) is 13.6 Å². The number of fused-ring (bicyclic) bond motifs is 2. The zero-order chi connectivity index (χ0) is 16.7. The third-order valence-corrected chi connectivity index (χ3v) is 4.67. The van der Waals surface area contributed by atoms with Gasteiger partial charge in [-0.05, 0) is 42.5 Å². The second-order valence-corrected chi connectivity index (χ2v) is 6.94. The van der Waals surface area contributed by atoms with Crippen LogP contribution in [0, 0.1) is 0 Å². The lowest BCUT2D eigenvalue weighted by Crippen LogP contribution is -2.12. The average molecular weight is 339 g/mol. The summed E-state index contributed by atoms with van der Waals surface area (Å²) in [6, 6.07) is 12.2. The van der Waals surface area contributed by atoms with E-state index in [1.54, 1.807) is 24.5 Å². The van der Waals surface area contributed by atoms with E-state index >= 15 is 0 Å². The van der Waals surface area contributed by atoms with Crippen molar-refractivity contribution in [3.63, 3.8) is 0 Å². The Balaban J connectivity index is 1.83. The molecule has 4 rings (SSSR count). The number of primary sulfonamides is 1. The minimum Gasteiger partial charge on any atom is -0.355 e. The Hall–Kier alpha value is -2.97. The molecule has 2 aromatic heterocycles. The van der Waals surface area contributed by atoms with Gasteiger partial charge in [-0.3, -0.25) is 10.1 Å². The molecule has 0 unspecified atom stereocenters. The van der Waals surface area contributed by atoms with Crippen molar-refractivity contribution in [2.75, 3.05) is 5.32 Å². The van der Waals surface area contributed by atoms with Crippen LogP contribution in [0.3, 0.4) is 0 Å². The van der Waals surface area contributed by atoms with E-state index in [-0.39, 0.29) is 4.90 Å². The van der Waals surface area contributed by atoms with Gasteiger partial charge in [0.1, 0.15) is 0 Å². The molecule has 4 aromatic rings. The second-order valence-electron chi connectivity index (χ2n) is 5.38. The molecule has 2 aromatic carbocycles. The van der Waals surface area contributed by atoms with E-state index in [4.69, 9.17) is 5.14 Å². The van der Waals surface area contributed by atoms with Crippen LogP contribution in [0.2, 0.25) is 0 Å². The predicted molar refractivity (Wildman–Crippen MR) is 92.5 cm³/mol. The molecule has 0 amide bonds. The molecular formula is C16H13N5O2S. The Bertz CT molecular complexity index is 1170. The number of pyridine rings is 1. The molecule has 8 heteroatoms. The number of H-pyrrole nitrogens is 1. The highest BCUT2D eigenvalue weighted by atomic mass is 32.2. The zero-order valence-electron chi connectivity index (χ0n) is 12.4. The van der Waals surface area contributed by atoms with Gasteiger partial charge < -0.3 is 5.32 Å². The first-order valence-electron chi connectivity index (χ1n) is 7.12. The fourth-order valence-corrected chi connectivity index (χ4v) is 3.12. The highest BCUT2D eigenvalue weighted by molar-refractivity contribution is 7.89. The van der Waals surface area contributed by atoms with E-state index in [0.717, 1.165) is 22.3 Å². The van der Waals surface area contributed by atoms with Crippen LogP contribution < -0.4 is 10.5 Å². The van der Waals surface area contributed by atoms with Crippen molar-refractivity contribution in [3.05, 3.63) is 54.9 Å². The van der Waals surface area contributed by atoms with Gasteiger partial charge >= 0.3 is 0 Å². The van der Waals surface area contributed by atoms with Gasteiger partial charge in [-0.2, -0.15) is 5.10 Å². The topological polar surface area (TPSA) is 114 Å². The van der Waals surface area contributed by atoms with E-state index in [2.05, 4.69) is 20.5 Å². The maximum absolute atomic E-state index is 11.6. The highest BCUT2D eigenvalue weighted by Gasteiger charge is 2.11. The summed E-state index contributed by atoms with van der Waals surface area (Å²) in [5.41, 5.74) is 3.17. The van der Waals surface area contributed by atoms with Gasteiger partial charge in [0.05, 0.1) is 22.1 Å². The molecule has 120 valence electrons.